The van der Waals surface area contributed by atoms with E-state index >= 15 is 0 Å². The van der Waals surface area contributed by atoms with Crippen LogP contribution in [0.2, 0.25) is 0 Å². The summed E-state index contributed by atoms with van der Waals surface area (Å²) in [6.07, 6.45) is -0.204. The highest BCUT2D eigenvalue weighted by Crippen LogP contribution is 2.12. The van der Waals surface area contributed by atoms with Gasteiger partial charge in [0.2, 0.25) is 0 Å². The van der Waals surface area contributed by atoms with Gasteiger partial charge >= 0.3 is 5.97 Å². The number of carbonyl (C=O) groups is 1. The quantitative estimate of drug-likeness (QED) is 0.451. The molecule has 10 heavy (non-hydrogen) atoms. The molecule has 1 heterocycles. The van der Waals surface area contributed by atoms with Crippen molar-refractivity contribution in [3.8, 4) is 0 Å². The predicted molar refractivity (Wildman–Crippen MR) is 34.6 cm³/mol. The minimum absolute atomic E-state index is 0.107. The Morgan fingerprint density at radius 3 is 2.50 bits per heavy atom. The summed E-state index contributed by atoms with van der Waals surface area (Å²) in [4.78, 5) is 10.3. The van der Waals surface area contributed by atoms with E-state index in [0.29, 0.717) is 6.42 Å². The van der Waals surface area contributed by atoms with Crippen LogP contribution in [0.25, 0.3) is 0 Å². The molecule has 0 aliphatic carbocycles. The number of carboxylic acid groups (broad SMARTS) is 1. The number of hydrogen-bond donors (Lipinski definition) is 3. The molecule has 0 aromatic carbocycles. The van der Waals surface area contributed by atoms with Crippen LogP contribution in [0.1, 0.15) is 13.3 Å². The first kappa shape index (κ1) is 7.50. The number of hydrogen-bond acceptors (Lipinski definition) is 3. The highest BCUT2D eigenvalue weighted by Gasteiger charge is 2.34. The maximum Gasteiger partial charge on any atom is 0.323 e. The molecule has 3 N–H and O–H groups in total. The number of rotatable bonds is 1. The molecule has 1 fully saturated rings. The fraction of sp³-hybridized carbons (Fsp3) is 0.833. The number of nitrogens with one attached hydrogen (secondary N) is 1. The van der Waals surface area contributed by atoms with E-state index in [-0.39, 0.29) is 6.04 Å². The van der Waals surface area contributed by atoms with Gasteiger partial charge in [-0.05, 0) is 13.3 Å². The summed E-state index contributed by atoms with van der Waals surface area (Å²) in [6.45, 7) is 1.85. The molecule has 58 valence electrons. The number of carboxylic acids is 1. The second-order valence-corrected chi connectivity index (χ2v) is 2.69. The fourth-order valence-electron chi connectivity index (χ4n) is 1.22. The Morgan fingerprint density at radius 1 is 1.70 bits per heavy atom. The predicted octanol–water partition coefficient (Wildman–Crippen LogP) is -0.818. The molecule has 0 bridgehead atoms. The molecule has 0 radical (unpaired) electrons. The molecular formula is C6H11NO3. The average molecular weight is 145 g/mol. The van der Waals surface area contributed by atoms with Crippen LogP contribution < -0.4 is 5.32 Å². The molecule has 0 amide bonds. The molecule has 0 unspecified atom stereocenters. The van der Waals surface area contributed by atoms with Gasteiger partial charge in [0.25, 0.3) is 0 Å². The lowest BCUT2D eigenvalue weighted by molar-refractivity contribution is -0.141. The first-order valence-corrected chi connectivity index (χ1v) is 3.28. The van der Waals surface area contributed by atoms with Gasteiger partial charge in [0.1, 0.15) is 6.04 Å². The van der Waals surface area contributed by atoms with Gasteiger partial charge in [-0.2, -0.15) is 0 Å². The zero-order chi connectivity index (χ0) is 7.72. The van der Waals surface area contributed by atoms with Gasteiger partial charge in [0.15, 0.2) is 0 Å². The number of aliphatic carboxylic acids is 1. The minimum Gasteiger partial charge on any atom is -0.480 e. The highest BCUT2D eigenvalue weighted by molar-refractivity contribution is 5.74. The van der Waals surface area contributed by atoms with E-state index < -0.39 is 18.1 Å². The van der Waals surface area contributed by atoms with E-state index in [4.69, 9.17) is 10.2 Å². The third-order valence-corrected chi connectivity index (χ3v) is 1.71. The molecule has 1 rings (SSSR count). The summed E-state index contributed by atoms with van der Waals surface area (Å²) in [5.74, 6) is -0.975. The summed E-state index contributed by atoms with van der Waals surface area (Å²) < 4.78 is 0. The van der Waals surface area contributed by atoms with Gasteiger partial charge < -0.3 is 10.2 Å². The second-order valence-electron chi connectivity index (χ2n) is 2.69. The molecule has 1 saturated heterocycles. The van der Waals surface area contributed by atoms with Crippen LogP contribution in [0.3, 0.4) is 0 Å². The molecule has 0 aromatic heterocycles. The molecule has 4 nitrogen and oxygen atoms in total. The van der Waals surface area contributed by atoms with Crippen molar-refractivity contribution in [1.82, 2.24) is 5.32 Å². The first-order valence-electron chi connectivity index (χ1n) is 3.28. The monoisotopic (exact) mass is 145 g/mol. The Morgan fingerprint density at radius 2 is 2.30 bits per heavy atom. The van der Waals surface area contributed by atoms with Crippen molar-refractivity contribution in [3.05, 3.63) is 0 Å². The van der Waals surface area contributed by atoms with Crippen molar-refractivity contribution in [2.24, 2.45) is 0 Å². The summed E-state index contributed by atoms with van der Waals surface area (Å²) in [6, 6.07) is -0.661. The fourth-order valence-corrected chi connectivity index (χ4v) is 1.22. The van der Waals surface area contributed by atoms with Crippen molar-refractivity contribution in [2.75, 3.05) is 0 Å². The standard InChI is InChI=1S/C6H11NO3/c1-3-2-4(8)5(7-3)6(9)10/h3-5,7-8H,2H2,1H3,(H,9,10)/t3-,4+,5+/m0/s1. The smallest absolute Gasteiger partial charge is 0.323 e. The Hall–Kier alpha value is -0.610. The molecule has 3 atom stereocenters. The largest absolute Gasteiger partial charge is 0.480 e. The van der Waals surface area contributed by atoms with Crippen molar-refractivity contribution < 1.29 is 15.0 Å². The van der Waals surface area contributed by atoms with Gasteiger partial charge in [-0.15, -0.1) is 0 Å². The van der Waals surface area contributed by atoms with E-state index in [9.17, 15) is 4.79 Å². The van der Waals surface area contributed by atoms with Crippen molar-refractivity contribution >= 4 is 5.97 Å². The van der Waals surface area contributed by atoms with Crippen LogP contribution in [0.4, 0.5) is 0 Å². The second kappa shape index (κ2) is 2.56. The van der Waals surface area contributed by atoms with Gasteiger partial charge in [0.05, 0.1) is 6.10 Å². The average Bonchev–Trinajstić information content (AvgIpc) is 2.10. The van der Waals surface area contributed by atoms with Gasteiger partial charge in [-0.1, -0.05) is 0 Å². The lowest BCUT2D eigenvalue weighted by Gasteiger charge is -2.07. The topological polar surface area (TPSA) is 69.6 Å². The zero-order valence-electron chi connectivity index (χ0n) is 5.74. The summed E-state index contributed by atoms with van der Waals surface area (Å²) >= 11 is 0. The minimum atomic E-state index is -0.975. The molecule has 0 spiro atoms. The van der Waals surface area contributed by atoms with Crippen LogP contribution in [-0.4, -0.2) is 34.4 Å². The van der Waals surface area contributed by atoms with Crippen molar-refractivity contribution in [3.63, 3.8) is 0 Å². The van der Waals surface area contributed by atoms with Crippen LogP contribution in [-0.2, 0) is 4.79 Å². The van der Waals surface area contributed by atoms with Crippen molar-refractivity contribution in [1.29, 1.82) is 0 Å². The van der Waals surface area contributed by atoms with E-state index in [1.807, 2.05) is 6.92 Å². The normalized spacial score (nSPS) is 40.0. The maximum atomic E-state index is 10.3. The SMILES string of the molecule is C[C@H]1C[C@@H](O)[C@H](C(=O)O)N1. The molecule has 0 saturated carbocycles. The van der Waals surface area contributed by atoms with Crippen LogP contribution in [0.5, 0.6) is 0 Å². The Balaban J connectivity index is 2.54. The van der Waals surface area contributed by atoms with Gasteiger partial charge in [-0.25, -0.2) is 0 Å². The van der Waals surface area contributed by atoms with E-state index in [1.54, 1.807) is 0 Å². The molecule has 1 aliphatic heterocycles. The lowest BCUT2D eigenvalue weighted by Crippen LogP contribution is -2.39. The Bertz CT molecular complexity index is 148. The summed E-state index contributed by atoms with van der Waals surface area (Å²) in [7, 11) is 0. The Kier molecular flexibility index (Phi) is 1.92. The molecule has 1 aliphatic rings. The summed E-state index contributed by atoms with van der Waals surface area (Å²) in [5.41, 5.74) is 0. The van der Waals surface area contributed by atoms with Crippen molar-refractivity contribution in [2.45, 2.75) is 31.5 Å². The van der Waals surface area contributed by atoms with Gasteiger partial charge in [-0.3, -0.25) is 10.1 Å². The lowest BCUT2D eigenvalue weighted by atomic mass is 10.1. The van der Waals surface area contributed by atoms with E-state index in [0.717, 1.165) is 0 Å². The summed E-state index contributed by atoms with van der Waals surface area (Å²) in [5, 5.41) is 20.3. The Labute approximate surface area is 58.9 Å². The number of aliphatic hydroxyl groups excluding tert-OH is 1. The third kappa shape index (κ3) is 1.27. The van der Waals surface area contributed by atoms with E-state index in [1.165, 1.54) is 0 Å². The molecule has 0 aromatic rings. The van der Waals surface area contributed by atoms with Gasteiger partial charge in [0, 0.05) is 6.04 Å². The number of aliphatic hydroxyl groups is 1. The van der Waals surface area contributed by atoms with Crippen LogP contribution in [0.15, 0.2) is 0 Å². The highest BCUT2D eigenvalue weighted by atomic mass is 16.4. The van der Waals surface area contributed by atoms with Crippen LogP contribution >= 0.6 is 0 Å². The van der Waals surface area contributed by atoms with Crippen LogP contribution in [0, 0.1) is 0 Å². The molecule has 4 heteroatoms. The zero-order valence-corrected chi connectivity index (χ0v) is 5.74. The maximum absolute atomic E-state index is 10.3. The van der Waals surface area contributed by atoms with E-state index in [2.05, 4.69) is 5.32 Å². The third-order valence-electron chi connectivity index (χ3n) is 1.71. The molecular weight excluding hydrogens is 134 g/mol. The first-order chi connectivity index (χ1) is 4.61.